The minimum Gasteiger partial charge on any atom is -0.348 e. The summed E-state index contributed by atoms with van der Waals surface area (Å²) in [5.41, 5.74) is 2.12. The van der Waals surface area contributed by atoms with Crippen molar-refractivity contribution in [3.8, 4) is 0 Å². The van der Waals surface area contributed by atoms with Gasteiger partial charge in [0, 0.05) is 58.9 Å². The summed E-state index contributed by atoms with van der Waals surface area (Å²) in [5, 5.41) is 3.17. The predicted molar refractivity (Wildman–Crippen MR) is 81.9 cm³/mol. The van der Waals surface area contributed by atoms with Crippen LogP contribution in [0.1, 0.15) is 13.3 Å². The highest BCUT2D eigenvalue weighted by atomic mass is 16.2. The molecule has 0 spiro atoms. The fourth-order valence-electron chi connectivity index (χ4n) is 2.57. The topological polar surface area (TPSA) is 55.9 Å². The Labute approximate surface area is 126 Å². The van der Waals surface area contributed by atoms with E-state index < -0.39 is 0 Å². The molecule has 6 heteroatoms. The molecule has 6 nitrogen and oxygen atoms in total. The molecule has 0 unspecified atom stereocenters. The van der Waals surface area contributed by atoms with Gasteiger partial charge in [-0.2, -0.15) is 0 Å². The summed E-state index contributed by atoms with van der Waals surface area (Å²) < 4.78 is 0. The van der Waals surface area contributed by atoms with Crippen molar-refractivity contribution < 1.29 is 9.59 Å². The number of rotatable bonds is 3. The Bertz CT molecular complexity index is 439. The molecule has 21 heavy (non-hydrogen) atoms. The molecule has 1 N–H and O–H groups in total. The molecule has 0 aromatic rings. The van der Waals surface area contributed by atoms with Gasteiger partial charge in [0.15, 0.2) is 0 Å². The van der Waals surface area contributed by atoms with Crippen molar-refractivity contribution in [1.29, 1.82) is 0 Å². The highest BCUT2D eigenvalue weighted by Gasteiger charge is 2.24. The minimum absolute atomic E-state index is 0.119. The summed E-state index contributed by atoms with van der Waals surface area (Å²) >= 11 is 0. The van der Waals surface area contributed by atoms with Gasteiger partial charge >= 0.3 is 0 Å². The molecule has 0 aromatic carbocycles. The predicted octanol–water partition coefficient (Wildman–Crippen LogP) is -0.471. The lowest BCUT2D eigenvalue weighted by atomic mass is 10.0. The molecule has 0 atom stereocenters. The number of hydrogen-bond acceptors (Lipinski definition) is 4. The summed E-state index contributed by atoms with van der Waals surface area (Å²) in [6.45, 7) is 7.19. The zero-order valence-electron chi connectivity index (χ0n) is 13.3. The number of nitrogens with zero attached hydrogens (tertiary/aromatic N) is 3. The Morgan fingerprint density at radius 3 is 2.43 bits per heavy atom. The molecule has 118 valence electrons. The zero-order chi connectivity index (χ0) is 15.4. The third-order valence-electron chi connectivity index (χ3n) is 4.26. The smallest absolute Gasteiger partial charge is 0.249 e. The number of amides is 2. The SMILES string of the molecule is CC(C(=O)N1CCCN(CC(=O)N(C)C)CC1)=C1CNC1. The van der Waals surface area contributed by atoms with E-state index in [9.17, 15) is 9.59 Å². The van der Waals surface area contributed by atoms with Crippen molar-refractivity contribution in [3.63, 3.8) is 0 Å². The van der Waals surface area contributed by atoms with E-state index in [1.807, 2.05) is 11.8 Å². The lowest BCUT2D eigenvalue weighted by molar-refractivity contribution is -0.129. The molecule has 2 aliphatic rings. The monoisotopic (exact) mass is 294 g/mol. The molecular weight excluding hydrogens is 268 g/mol. The van der Waals surface area contributed by atoms with Gasteiger partial charge < -0.3 is 15.1 Å². The molecule has 2 fully saturated rings. The Hall–Kier alpha value is -1.40. The quantitative estimate of drug-likeness (QED) is 0.715. The van der Waals surface area contributed by atoms with Gasteiger partial charge in [0.2, 0.25) is 11.8 Å². The van der Waals surface area contributed by atoms with Crippen LogP contribution in [0.2, 0.25) is 0 Å². The van der Waals surface area contributed by atoms with Gasteiger partial charge in [0.1, 0.15) is 0 Å². The van der Waals surface area contributed by atoms with Crippen molar-refractivity contribution in [2.75, 3.05) is 59.9 Å². The normalized spacial score (nSPS) is 19.8. The van der Waals surface area contributed by atoms with Crippen LogP contribution < -0.4 is 5.32 Å². The van der Waals surface area contributed by atoms with Crippen LogP contribution in [0.4, 0.5) is 0 Å². The van der Waals surface area contributed by atoms with Gasteiger partial charge in [0.05, 0.1) is 6.54 Å². The van der Waals surface area contributed by atoms with E-state index in [-0.39, 0.29) is 11.8 Å². The Kier molecular flexibility index (Phi) is 5.36. The van der Waals surface area contributed by atoms with E-state index in [0.717, 1.165) is 44.7 Å². The van der Waals surface area contributed by atoms with E-state index in [4.69, 9.17) is 0 Å². The fraction of sp³-hybridized carbons (Fsp3) is 0.733. The zero-order valence-corrected chi connectivity index (χ0v) is 13.3. The Morgan fingerprint density at radius 1 is 1.14 bits per heavy atom. The van der Waals surface area contributed by atoms with Gasteiger partial charge in [0.25, 0.3) is 0 Å². The highest BCUT2D eigenvalue weighted by molar-refractivity contribution is 5.94. The molecule has 2 aliphatic heterocycles. The summed E-state index contributed by atoms with van der Waals surface area (Å²) in [5.74, 6) is 0.279. The first-order valence-electron chi connectivity index (χ1n) is 7.60. The van der Waals surface area contributed by atoms with Crippen molar-refractivity contribution in [3.05, 3.63) is 11.1 Å². The number of likely N-dealkylation sites (N-methyl/N-ethyl adjacent to an activating group) is 1. The number of hydrogen-bond donors (Lipinski definition) is 1. The lowest BCUT2D eigenvalue weighted by Crippen LogP contribution is -2.41. The van der Waals surface area contributed by atoms with Crippen molar-refractivity contribution in [2.24, 2.45) is 0 Å². The molecule has 0 radical (unpaired) electrons. The minimum atomic E-state index is 0.119. The first-order valence-corrected chi connectivity index (χ1v) is 7.60. The van der Waals surface area contributed by atoms with Gasteiger partial charge in [-0.05, 0) is 18.9 Å². The molecule has 0 saturated carbocycles. The first kappa shape index (κ1) is 16.0. The molecular formula is C15H26N4O2. The van der Waals surface area contributed by atoms with Crippen molar-refractivity contribution >= 4 is 11.8 Å². The molecule has 2 amide bonds. The van der Waals surface area contributed by atoms with Crippen LogP contribution in [-0.2, 0) is 9.59 Å². The van der Waals surface area contributed by atoms with E-state index in [1.54, 1.807) is 19.0 Å². The maximum Gasteiger partial charge on any atom is 0.249 e. The average molecular weight is 294 g/mol. The van der Waals surface area contributed by atoms with Crippen LogP contribution in [0, 0.1) is 0 Å². The largest absolute Gasteiger partial charge is 0.348 e. The number of carbonyl (C=O) groups excluding carboxylic acids is 2. The van der Waals surface area contributed by atoms with E-state index >= 15 is 0 Å². The number of carbonyl (C=O) groups is 2. The molecule has 2 heterocycles. The molecule has 2 saturated heterocycles. The third-order valence-corrected chi connectivity index (χ3v) is 4.26. The van der Waals surface area contributed by atoms with Crippen LogP contribution in [0.25, 0.3) is 0 Å². The average Bonchev–Trinajstić information content (AvgIpc) is 2.61. The van der Waals surface area contributed by atoms with Crippen LogP contribution in [0.5, 0.6) is 0 Å². The highest BCUT2D eigenvalue weighted by Crippen LogP contribution is 2.13. The van der Waals surface area contributed by atoms with Gasteiger partial charge in [-0.25, -0.2) is 0 Å². The van der Waals surface area contributed by atoms with E-state index in [2.05, 4.69) is 10.2 Å². The van der Waals surface area contributed by atoms with Gasteiger partial charge in [-0.15, -0.1) is 0 Å². The maximum absolute atomic E-state index is 12.5. The fourth-order valence-corrected chi connectivity index (χ4v) is 2.57. The Balaban J connectivity index is 1.88. The molecule has 0 aliphatic carbocycles. The number of nitrogens with one attached hydrogen (secondary N) is 1. The van der Waals surface area contributed by atoms with Crippen LogP contribution in [-0.4, -0.2) is 86.4 Å². The summed E-state index contributed by atoms with van der Waals surface area (Å²) in [4.78, 5) is 29.9. The van der Waals surface area contributed by atoms with Crippen molar-refractivity contribution in [2.45, 2.75) is 13.3 Å². The lowest BCUT2D eigenvalue weighted by Gasteiger charge is -2.26. The van der Waals surface area contributed by atoms with Crippen LogP contribution in [0.3, 0.4) is 0 Å². The van der Waals surface area contributed by atoms with Crippen LogP contribution in [0.15, 0.2) is 11.1 Å². The summed E-state index contributed by atoms with van der Waals surface area (Å²) in [6.07, 6.45) is 0.924. The Morgan fingerprint density at radius 2 is 1.86 bits per heavy atom. The molecule has 2 rings (SSSR count). The second kappa shape index (κ2) is 7.04. The summed E-state index contributed by atoms with van der Waals surface area (Å²) in [7, 11) is 3.55. The van der Waals surface area contributed by atoms with E-state index in [1.165, 1.54) is 5.57 Å². The second-order valence-electron chi connectivity index (χ2n) is 6.04. The second-order valence-corrected chi connectivity index (χ2v) is 6.04. The maximum atomic E-state index is 12.5. The van der Waals surface area contributed by atoms with E-state index in [0.29, 0.717) is 13.1 Å². The van der Waals surface area contributed by atoms with Gasteiger partial charge in [-0.1, -0.05) is 0 Å². The first-order chi connectivity index (χ1) is 9.99. The third kappa shape index (κ3) is 4.04. The van der Waals surface area contributed by atoms with Crippen LogP contribution >= 0.6 is 0 Å². The molecule has 0 aromatic heterocycles. The van der Waals surface area contributed by atoms with Crippen molar-refractivity contribution in [1.82, 2.24) is 20.0 Å². The molecule has 0 bridgehead atoms. The van der Waals surface area contributed by atoms with Gasteiger partial charge in [-0.3, -0.25) is 14.5 Å². The standard InChI is InChI=1S/C15H26N4O2/c1-12(13-9-16-10-13)15(21)19-6-4-5-18(7-8-19)11-14(20)17(2)3/h16H,4-11H2,1-3H3. The summed E-state index contributed by atoms with van der Waals surface area (Å²) in [6, 6.07) is 0.